The number of nitrogens with zero attached hydrogens (tertiary/aromatic N) is 1. The summed E-state index contributed by atoms with van der Waals surface area (Å²) in [5.74, 6) is -0.265. The van der Waals surface area contributed by atoms with E-state index in [9.17, 15) is 16.8 Å². The van der Waals surface area contributed by atoms with Crippen molar-refractivity contribution >= 4 is 20.0 Å². The second-order valence-electron chi connectivity index (χ2n) is 4.54. The zero-order valence-corrected chi connectivity index (χ0v) is 13.1. The van der Waals surface area contributed by atoms with E-state index in [1.165, 1.54) is 16.4 Å². The molecule has 21 heavy (non-hydrogen) atoms. The Labute approximate surface area is 125 Å². The third-order valence-corrected chi connectivity index (χ3v) is 6.42. The fraction of sp³-hybridized carbons (Fsp3) is 0.500. The number of morpholine rings is 1. The van der Waals surface area contributed by atoms with Crippen LogP contribution in [-0.4, -0.2) is 59.7 Å². The molecule has 2 rings (SSSR count). The number of ether oxygens (including phenoxy) is 1. The second kappa shape index (κ2) is 6.84. The first kappa shape index (κ1) is 16.4. The summed E-state index contributed by atoms with van der Waals surface area (Å²) >= 11 is 0. The van der Waals surface area contributed by atoms with Crippen LogP contribution in [0.2, 0.25) is 0 Å². The highest BCUT2D eigenvalue weighted by molar-refractivity contribution is 7.90. The maximum Gasteiger partial charge on any atom is 0.240 e. The Morgan fingerprint density at radius 1 is 1.05 bits per heavy atom. The largest absolute Gasteiger partial charge is 0.379 e. The van der Waals surface area contributed by atoms with Gasteiger partial charge in [-0.3, -0.25) is 0 Å². The van der Waals surface area contributed by atoms with Crippen molar-refractivity contribution in [3.8, 4) is 0 Å². The van der Waals surface area contributed by atoms with Gasteiger partial charge in [0.25, 0.3) is 0 Å². The van der Waals surface area contributed by atoms with Crippen LogP contribution in [0.5, 0.6) is 0 Å². The van der Waals surface area contributed by atoms with Crippen molar-refractivity contribution in [3.05, 3.63) is 30.3 Å². The molecule has 1 aromatic rings. The van der Waals surface area contributed by atoms with Crippen LogP contribution in [0.3, 0.4) is 0 Å². The van der Waals surface area contributed by atoms with Gasteiger partial charge in [0.05, 0.1) is 23.9 Å². The summed E-state index contributed by atoms with van der Waals surface area (Å²) in [6, 6.07) is 7.84. The summed E-state index contributed by atoms with van der Waals surface area (Å²) in [7, 11) is -7.13. The van der Waals surface area contributed by atoms with Gasteiger partial charge in [0.2, 0.25) is 20.0 Å². The Hall–Kier alpha value is -1.00. The zero-order valence-electron chi connectivity index (χ0n) is 11.4. The number of hydrogen-bond donors (Lipinski definition) is 1. The Morgan fingerprint density at radius 2 is 1.67 bits per heavy atom. The number of benzene rings is 1. The molecule has 118 valence electrons. The van der Waals surface area contributed by atoms with Crippen molar-refractivity contribution < 1.29 is 21.6 Å². The minimum absolute atomic E-state index is 0.119. The lowest BCUT2D eigenvalue weighted by atomic mass is 10.4. The van der Waals surface area contributed by atoms with E-state index in [2.05, 4.69) is 4.72 Å². The maximum absolute atomic E-state index is 12.0. The highest BCUT2D eigenvalue weighted by Crippen LogP contribution is 2.08. The van der Waals surface area contributed by atoms with Crippen molar-refractivity contribution in [2.24, 2.45) is 0 Å². The monoisotopic (exact) mass is 334 g/mol. The predicted octanol–water partition coefficient (Wildman–Crippen LogP) is -0.373. The molecule has 1 saturated heterocycles. The van der Waals surface area contributed by atoms with Gasteiger partial charge < -0.3 is 4.74 Å². The van der Waals surface area contributed by atoms with Crippen molar-refractivity contribution in [3.63, 3.8) is 0 Å². The highest BCUT2D eigenvalue weighted by Gasteiger charge is 2.24. The number of sulfonamides is 2. The number of hydrogen-bond acceptors (Lipinski definition) is 5. The van der Waals surface area contributed by atoms with Gasteiger partial charge in [-0.2, -0.15) is 4.31 Å². The molecule has 0 saturated carbocycles. The van der Waals surface area contributed by atoms with Crippen LogP contribution in [0.15, 0.2) is 35.2 Å². The third-order valence-electron chi connectivity index (χ3n) is 3.07. The highest BCUT2D eigenvalue weighted by atomic mass is 32.2. The van der Waals surface area contributed by atoms with E-state index in [4.69, 9.17) is 4.74 Å². The van der Waals surface area contributed by atoms with Gasteiger partial charge in [0, 0.05) is 19.6 Å². The summed E-state index contributed by atoms with van der Waals surface area (Å²) in [6.45, 7) is 1.21. The molecule has 1 N–H and O–H groups in total. The number of nitrogens with one attached hydrogen (secondary N) is 1. The molecule has 1 aromatic carbocycles. The predicted molar refractivity (Wildman–Crippen MR) is 77.8 cm³/mol. The Kier molecular flexibility index (Phi) is 5.33. The van der Waals surface area contributed by atoms with Crippen molar-refractivity contribution in [1.29, 1.82) is 0 Å². The van der Waals surface area contributed by atoms with Gasteiger partial charge in [-0.25, -0.2) is 21.6 Å². The second-order valence-corrected chi connectivity index (χ2v) is 8.39. The van der Waals surface area contributed by atoms with Gasteiger partial charge >= 0.3 is 0 Å². The first-order valence-electron chi connectivity index (χ1n) is 6.52. The summed E-state index contributed by atoms with van der Waals surface area (Å²) in [6.07, 6.45) is 0. The van der Waals surface area contributed by atoms with E-state index < -0.39 is 20.0 Å². The molecule has 1 fully saturated rings. The van der Waals surface area contributed by atoms with Gasteiger partial charge in [-0.1, -0.05) is 18.2 Å². The standard InChI is InChI=1S/C12H18N2O5S2/c15-20(16,14-7-9-19-10-8-14)11-6-13-21(17,18)12-4-2-1-3-5-12/h1-5,13H,6-11H2. The fourth-order valence-electron chi connectivity index (χ4n) is 1.94. The molecule has 0 aromatic heterocycles. The Bertz CT molecular complexity index is 652. The van der Waals surface area contributed by atoms with Crippen LogP contribution < -0.4 is 4.72 Å². The van der Waals surface area contributed by atoms with E-state index >= 15 is 0 Å². The van der Waals surface area contributed by atoms with Gasteiger partial charge in [-0.05, 0) is 12.1 Å². The van der Waals surface area contributed by atoms with E-state index in [0.717, 1.165) is 0 Å². The lowest BCUT2D eigenvalue weighted by molar-refractivity contribution is 0.0730. The van der Waals surface area contributed by atoms with E-state index in [0.29, 0.717) is 26.3 Å². The molecule has 1 aliphatic heterocycles. The first-order chi connectivity index (χ1) is 9.92. The summed E-state index contributed by atoms with van der Waals surface area (Å²) in [5, 5.41) is 0. The molecule has 0 atom stereocenters. The minimum atomic E-state index is -3.67. The molecule has 1 heterocycles. The van der Waals surface area contributed by atoms with E-state index in [-0.39, 0.29) is 17.2 Å². The molecular formula is C12H18N2O5S2. The molecule has 0 amide bonds. The van der Waals surface area contributed by atoms with Crippen LogP contribution >= 0.6 is 0 Å². The lowest BCUT2D eigenvalue weighted by Gasteiger charge is -2.26. The van der Waals surface area contributed by atoms with Crippen LogP contribution in [0.25, 0.3) is 0 Å². The molecule has 0 unspecified atom stereocenters. The lowest BCUT2D eigenvalue weighted by Crippen LogP contribution is -2.43. The molecule has 1 aliphatic rings. The Balaban J connectivity index is 1.92. The quantitative estimate of drug-likeness (QED) is 0.766. The van der Waals surface area contributed by atoms with Crippen LogP contribution in [0, 0.1) is 0 Å². The normalized spacial score (nSPS) is 17.7. The zero-order chi connectivity index (χ0) is 15.3. The van der Waals surface area contributed by atoms with Gasteiger partial charge in [-0.15, -0.1) is 0 Å². The molecule has 0 aliphatic carbocycles. The number of rotatable bonds is 6. The maximum atomic E-state index is 12.0. The van der Waals surface area contributed by atoms with Crippen molar-refractivity contribution in [1.82, 2.24) is 9.03 Å². The van der Waals surface area contributed by atoms with Gasteiger partial charge in [0.1, 0.15) is 0 Å². The summed E-state index contributed by atoms with van der Waals surface area (Å²) in [5.41, 5.74) is 0. The summed E-state index contributed by atoms with van der Waals surface area (Å²) in [4.78, 5) is 0.119. The van der Waals surface area contributed by atoms with Crippen LogP contribution in [0.1, 0.15) is 0 Å². The van der Waals surface area contributed by atoms with Crippen molar-refractivity contribution in [2.45, 2.75) is 4.90 Å². The molecule has 0 bridgehead atoms. The molecule has 0 radical (unpaired) electrons. The molecule has 7 nitrogen and oxygen atoms in total. The first-order valence-corrected chi connectivity index (χ1v) is 9.61. The van der Waals surface area contributed by atoms with Crippen molar-refractivity contribution in [2.75, 3.05) is 38.6 Å². The average Bonchev–Trinajstić information content (AvgIpc) is 2.49. The molecule has 0 spiro atoms. The van der Waals surface area contributed by atoms with Crippen LogP contribution in [-0.2, 0) is 24.8 Å². The minimum Gasteiger partial charge on any atom is -0.379 e. The summed E-state index contributed by atoms with van der Waals surface area (Å²) < 4.78 is 56.7. The molecular weight excluding hydrogens is 316 g/mol. The smallest absolute Gasteiger partial charge is 0.240 e. The van der Waals surface area contributed by atoms with E-state index in [1.807, 2.05) is 0 Å². The molecule has 9 heteroatoms. The average molecular weight is 334 g/mol. The SMILES string of the molecule is O=S(=O)(NCCS(=O)(=O)N1CCOCC1)c1ccccc1. The third kappa shape index (κ3) is 4.48. The van der Waals surface area contributed by atoms with Crippen LogP contribution in [0.4, 0.5) is 0 Å². The topological polar surface area (TPSA) is 92.8 Å². The van der Waals surface area contributed by atoms with E-state index in [1.54, 1.807) is 18.2 Å². The fourth-order valence-corrected chi connectivity index (χ4v) is 4.45. The Morgan fingerprint density at radius 3 is 2.29 bits per heavy atom. The van der Waals surface area contributed by atoms with Gasteiger partial charge in [0.15, 0.2) is 0 Å².